The van der Waals surface area contributed by atoms with E-state index in [4.69, 9.17) is 11.6 Å². The van der Waals surface area contributed by atoms with Crippen molar-refractivity contribution in [3.63, 3.8) is 0 Å². The van der Waals surface area contributed by atoms with E-state index in [0.29, 0.717) is 0 Å². The van der Waals surface area contributed by atoms with Crippen molar-refractivity contribution in [2.24, 2.45) is 0 Å². The fraction of sp³-hybridized carbons (Fsp3) is 0.125. The highest BCUT2D eigenvalue weighted by Crippen LogP contribution is 2.21. The molecular formula is C16H14ClN. The SMILES string of the molecule is Cc1ccc(Cn2ccc3cc(Cl)ccc32)cc1. The summed E-state index contributed by atoms with van der Waals surface area (Å²) >= 11 is 6.00. The number of fused-ring (bicyclic) bond motifs is 1. The van der Waals surface area contributed by atoms with Gasteiger partial charge in [-0.05, 0) is 36.8 Å². The molecule has 0 amide bonds. The highest BCUT2D eigenvalue weighted by atomic mass is 35.5. The standard InChI is InChI=1S/C16H14ClN/c1-12-2-4-13(5-3-12)11-18-9-8-14-10-15(17)6-7-16(14)18/h2-10H,11H2,1H3. The molecule has 2 aromatic carbocycles. The third-order valence-corrected chi connectivity index (χ3v) is 3.44. The number of hydrogen-bond donors (Lipinski definition) is 0. The predicted molar refractivity (Wildman–Crippen MR) is 77.2 cm³/mol. The van der Waals surface area contributed by atoms with Crippen LogP contribution in [0, 0.1) is 6.92 Å². The van der Waals surface area contributed by atoms with E-state index in [1.54, 1.807) is 0 Å². The zero-order valence-corrected chi connectivity index (χ0v) is 11.0. The van der Waals surface area contributed by atoms with Crippen molar-refractivity contribution in [2.75, 3.05) is 0 Å². The average Bonchev–Trinajstić information content (AvgIpc) is 2.74. The zero-order chi connectivity index (χ0) is 12.5. The van der Waals surface area contributed by atoms with Crippen LogP contribution in [-0.2, 0) is 6.54 Å². The van der Waals surface area contributed by atoms with Gasteiger partial charge in [-0.15, -0.1) is 0 Å². The fourth-order valence-corrected chi connectivity index (χ4v) is 2.38. The van der Waals surface area contributed by atoms with Crippen LogP contribution < -0.4 is 0 Å². The van der Waals surface area contributed by atoms with E-state index < -0.39 is 0 Å². The molecule has 0 aliphatic carbocycles. The molecule has 2 heteroatoms. The Morgan fingerprint density at radius 1 is 1.00 bits per heavy atom. The summed E-state index contributed by atoms with van der Waals surface area (Å²) in [5.41, 5.74) is 3.83. The third-order valence-electron chi connectivity index (χ3n) is 3.21. The second-order valence-corrected chi connectivity index (χ2v) is 5.07. The van der Waals surface area contributed by atoms with Crippen LogP contribution in [0.3, 0.4) is 0 Å². The Morgan fingerprint density at radius 3 is 2.56 bits per heavy atom. The molecule has 3 aromatic rings. The first-order valence-electron chi connectivity index (χ1n) is 6.02. The summed E-state index contributed by atoms with van der Waals surface area (Å²) in [6.45, 7) is 3.00. The molecule has 0 atom stereocenters. The minimum Gasteiger partial charge on any atom is -0.343 e. The van der Waals surface area contributed by atoms with Gasteiger partial charge >= 0.3 is 0 Å². The van der Waals surface area contributed by atoms with E-state index in [1.807, 2.05) is 12.1 Å². The van der Waals surface area contributed by atoms with Gasteiger partial charge < -0.3 is 4.57 Å². The number of halogens is 1. The molecule has 1 nitrogen and oxygen atoms in total. The molecule has 0 aliphatic rings. The molecule has 0 unspecified atom stereocenters. The van der Waals surface area contributed by atoms with Gasteiger partial charge in [0.1, 0.15) is 0 Å². The number of aromatic nitrogens is 1. The molecule has 0 saturated heterocycles. The predicted octanol–water partition coefficient (Wildman–Crippen LogP) is 4.65. The van der Waals surface area contributed by atoms with E-state index in [2.05, 4.69) is 54.1 Å². The van der Waals surface area contributed by atoms with E-state index in [-0.39, 0.29) is 0 Å². The van der Waals surface area contributed by atoms with Crippen molar-refractivity contribution in [3.8, 4) is 0 Å². The normalized spacial score (nSPS) is 11.0. The van der Waals surface area contributed by atoms with Crippen LogP contribution in [0.15, 0.2) is 54.7 Å². The smallest absolute Gasteiger partial charge is 0.0484 e. The molecule has 0 saturated carbocycles. The van der Waals surface area contributed by atoms with Gasteiger partial charge in [0.2, 0.25) is 0 Å². The van der Waals surface area contributed by atoms with Crippen LogP contribution >= 0.6 is 11.6 Å². The molecule has 0 fully saturated rings. The summed E-state index contributed by atoms with van der Waals surface area (Å²) in [7, 11) is 0. The van der Waals surface area contributed by atoms with Crippen LogP contribution in [0.1, 0.15) is 11.1 Å². The lowest BCUT2D eigenvalue weighted by Crippen LogP contribution is -1.97. The Labute approximate surface area is 112 Å². The van der Waals surface area contributed by atoms with Crippen molar-refractivity contribution in [2.45, 2.75) is 13.5 Å². The largest absolute Gasteiger partial charge is 0.343 e. The first-order valence-corrected chi connectivity index (χ1v) is 6.40. The van der Waals surface area contributed by atoms with Crippen LogP contribution in [0.25, 0.3) is 10.9 Å². The lowest BCUT2D eigenvalue weighted by Gasteiger charge is -2.06. The highest BCUT2D eigenvalue weighted by Gasteiger charge is 2.02. The maximum atomic E-state index is 6.00. The first kappa shape index (κ1) is 11.4. The lowest BCUT2D eigenvalue weighted by molar-refractivity contribution is 0.836. The van der Waals surface area contributed by atoms with Crippen molar-refractivity contribution < 1.29 is 0 Å². The van der Waals surface area contributed by atoms with Gasteiger partial charge in [-0.1, -0.05) is 41.4 Å². The summed E-state index contributed by atoms with van der Waals surface area (Å²) in [4.78, 5) is 0. The summed E-state index contributed by atoms with van der Waals surface area (Å²) in [6.07, 6.45) is 2.11. The third kappa shape index (κ3) is 2.14. The summed E-state index contributed by atoms with van der Waals surface area (Å²) in [5.74, 6) is 0. The molecule has 0 radical (unpaired) electrons. The summed E-state index contributed by atoms with van der Waals surface area (Å²) in [5, 5.41) is 1.98. The lowest BCUT2D eigenvalue weighted by atomic mass is 10.1. The van der Waals surface area contributed by atoms with Gasteiger partial charge in [-0.25, -0.2) is 0 Å². The van der Waals surface area contributed by atoms with Gasteiger partial charge in [0.15, 0.2) is 0 Å². The molecule has 90 valence electrons. The van der Waals surface area contributed by atoms with E-state index in [1.165, 1.54) is 22.0 Å². The maximum absolute atomic E-state index is 6.00. The van der Waals surface area contributed by atoms with Gasteiger partial charge in [-0.3, -0.25) is 0 Å². The quantitative estimate of drug-likeness (QED) is 0.628. The Bertz CT molecular complexity index is 680. The number of aryl methyl sites for hydroxylation is 1. The number of hydrogen-bond acceptors (Lipinski definition) is 0. The van der Waals surface area contributed by atoms with Crippen molar-refractivity contribution in [1.29, 1.82) is 0 Å². The number of rotatable bonds is 2. The van der Waals surface area contributed by atoms with E-state index >= 15 is 0 Å². The molecule has 0 N–H and O–H groups in total. The first-order chi connectivity index (χ1) is 8.72. The van der Waals surface area contributed by atoms with Crippen LogP contribution in [0.4, 0.5) is 0 Å². The van der Waals surface area contributed by atoms with Crippen molar-refractivity contribution in [3.05, 3.63) is 70.9 Å². The summed E-state index contributed by atoms with van der Waals surface area (Å²) in [6, 6.07) is 16.8. The van der Waals surface area contributed by atoms with Gasteiger partial charge in [-0.2, -0.15) is 0 Å². The van der Waals surface area contributed by atoms with Gasteiger partial charge in [0.05, 0.1) is 0 Å². The monoisotopic (exact) mass is 255 g/mol. The molecule has 0 bridgehead atoms. The van der Waals surface area contributed by atoms with Gasteiger partial charge in [0, 0.05) is 28.7 Å². The van der Waals surface area contributed by atoms with Crippen LogP contribution in [-0.4, -0.2) is 4.57 Å². The highest BCUT2D eigenvalue weighted by molar-refractivity contribution is 6.31. The zero-order valence-electron chi connectivity index (χ0n) is 10.2. The number of nitrogens with zero attached hydrogens (tertiary/aromatic N) is 1. The van der Waals surface area contributed by atoms with Crippen molar-refractivity contribution >= 4 is 22.5 Å². The van der Waals surface area contributed by atoms with E-state index in [9.17, 15) is 0 Å². The van der Waals surface area contributed by atoms with Gasteiger partial charge in [0.25, 0.3) is 0 Å². The fourth-order valence-electron chi connectivity index (χ4n) is 2.20. The second-order valence-electron chi connectivity index (χ2n) is 4.63. The Hall–Kier alpha value is -1.73. The summed E-state index contributed by atoms with van der Waals surface area (Å²) < 4.78 is 2.25. The molecule has 0 aliphatic heterocycles. The van der Waals surface area contributed by atoms with E-state index in [0.717, 1.165) is 11.6 Å². The van der Waals surface area contributed by atoms with Crippen LogP contribution in [0.5, 0.6) is 0 Å². The minimum atomic E-state index is 0.788. The molecule has 3 rings (SSSR count). The maximum Gasteiger partial charge on any atom is 0.0484 e. The molecule has 1 aromatic heterocycles. The Balaban J connectivity index is 1.97. The number of benzene rings is 2. The molecule has 18 heavy (non-hydrogen) atoms. The molecular weight excluding hydrogens is 242 g/mol. The van der Waals surface area contributed by atoms with Crippen molar-refractivity contribution in [1.82, 2.24) is 4.57 Å². The molecule has 1 heterocycles. The topological polar surface area (TPSA) is 4.93 Å². The Morgan fingerprint density at radius 2 is 1.78 bits per heavy atom. The Kier molecular flexibility index (Phi) is 2.85. The average molecular weight is 256 g/mol. The minimum absolute atomic E-state index is 0.788. The van der Waals surface area contributed by atoms with Crippen LogP contribution in [0.2, 0.25) is 5.02 Å². The second kappa shape index (κ2) is 4.51. The molecule has 0 spiro atoms.